The fourth-order valence-electron chi connectivity index (χ4n) is 2.90. The molecule has 0 bridgehead atoms. The number of nitrogen functional groups attached to an aromatic ring is 1. The highest BCUT2D eigenvalue weighted by atomic mass is 35.5. The number of anilines is 1. The van der Waals surface area contributed by atoms with E-state index in [4.69, 9.17) is 17.3 Å². The molecule has 3 rings (SSSR count). The van der Waals surface area contributed by atoms with Crippen LogP contribution in [0.1, 0.15) is 34.5 Å². The molecule has 1 aromatic heterocycles. The van der Waals surface area contributed by atoms with E-state index >= 15 is 0 Å². The van der Waals surface area contributed by atoms with Crippen LogP contribution in [0, 0.1) is 12.8 Å². The Hall–Kier alpha value is -2.01. The number of hydrogen-bond acceptors (Lipinski definition) is 3. The molecule has 0 aliphatic heterocycles. The van der Waals surface area contributed by atoms with E-state index in [-0.39, 0.29) is 5.91 Å². The van der Waals surface area contributed by atoms with E-state index in [0.29, 0.717) is 29.5 Å². The van der Waals surface area contributed by atoms with Crippen LogP contribution in [0.4, 0.5) is 5.82 Å². The first kappa shape index (κ1) is 16.8. The van der Waals surface area contributed by atoms with Crippen molar-refractivity contribution in [2.45, 2.75) is 26.2 Å². The molecule has 0 unspecified atom stereocenters. The summed E-state index contributed by atoms with van der Waals surface area (Å²) >= 11 is 5.93. The van der Waals surface area contributed by atoms with Crippen LogP contribution in [0.15, 0.2) is 24.3 Å². The van der Waals surface area contributed by atoms with E-state index in [1.807, 2.05) is 36.1 Å². The van der Waals surface area contributed by atoms with Crippen LogP contribution in [-0.4, -0.2) is 33.7 Å². The molecule has 1 heterocycles. The lowest BCUT2D eigenvalue weighted by Gasteiger charge is -2.23. The van der Waals surface area contributed by atoms with Gasteiger partial charge < -0.3 is 10.6 Å². The smallest absolute Gasteiger partial charge is 0.259 e. The minimum Gasteiger partial charge on any atom is -0.383 e. The Kier molecular flexibility index (Phi) is 4.81. The normalized spacial score (nSPS) is 14.0. The molecule has 1 amide bonds. The van der Waals surface area contributed by atoms with Gasteiger partial charge in [0, 0.05) is 25.2 Å². The van der Waals surface area contributed by atoms with Gasteiger partial charge in [-0.25, -0.2) is 0 Å². The van der Waals surface area contributed by atoms with Crippen molar-refractivity contribution in [3.8, 4) is 0 Å². The summed E-state index contributed by atoms with van der Waals surface area (Å²) in [7, 11) is 1.76. The predicted molar refractivity (Wildman–Crippen MR) is 96.1 cm³/mol. The van der Waals surface area contributed by atoms with Crippen molar-refractivity contribution in [3.05, 3.63) is 46.1 Å². The van der Waals surface area contributed by atoms with Crippen LogP contribution in [0.3, 0.4) is 0 Å². The standard InChI is InChI=1S/C18H23ClN4O/c1-12-16(17(20)22(2)21-12)18(24)23(11-14-3-4-14)10-9-13-5-7-15(19)8-6-13/h5-8,14H,3-4,9-11,20H2,1-2H3. The largest absolute Gasteiger partial charge is 0.383 e. The molecule has 2 aromatic rings. The maximum absolute atomic E-state index is 13.0. The number of nitrogens with zero attached hydrogens (tertiary/aromatic N) is 3. The molecular formula is C18H23ClN4O. The maximum Gasteiger partial charge on any atom is 0.259 e. The molecule has 1 aliphatic rings. The average Bonchev–Trinajstić information content (AvgIpc) is 3.32. The quantitative estimate of drug-likeness (QED) is 0.874. The van der Waals surface area contributed by atoms with Crippen LogP contribution < -0.4 is 5.73 Å². The van der Waals surface area contributed by atoms with Gasteiger partial charge in [-0.15, -0.1) is 0 Å². The summed E-state index contributed by atoms with van der Waals surface area (Å²) in [5.41, 5.74) is 8.44. The van der Waals surface area contributed by atoms with Crippen LogP contribution in [0.2, 0.25) is 5.02 Å². The van der Waals surface area contributed by atoms with E-state index in [1.54, 1.807) is 11.7 Å². The molecule has 1 aromatic carbocycles. The molecule has 0 atom stereocenters. The van der Waals surface area contributed by atoms with E-state index in [9.17, 15) is 4.79 Å². The molecule has 1 saturated carbocycles. The first-order valence-electron chi connectivity index (χ1n) is 8.28. The monoisotopic (exact) mass is 346 g/mol. The van der Waals surface area contributed by atoms with Crippen LogP contribution in [0.25, 0.3) is 0 Å². The van der Waals surface area contributed by atoms with Gasteiger partial charge in [0.15, 0.2) is 0 Å². The highest BCUT2D eigenvalue weighted by Crippen LogP contribution is 2.31. The van der Waals surface area contributed by atoms with Gasteiger partial charge >= 0.3 is 0 Å². The van der Waals surface area contributed by atoms with Crippen LogP contribution >= 0.6 is 11.6 Å². The number of rotatable bonds is 6. The maximum atomic E-state index is 13.0. The van der Waals surface area contributed by atoms with Gasteiger partial charge in [-0.1, -0.05) is 23.7 Å². The number of halogens is 1. The first-order chi connectivity index (χ1) is 11.5. The van der Waals surface area contributed by atoms with Gasteiger partial charge in [-0.05, 0) is 49.8 Å². The third kappa shape index (κ3) is 3.73. The van der Waals surface area contributed by atoms with E-state index in [1.165, 1.54) is 18.4 Å². The Morgan fingerprint density at radius 2 is 2.04 bits per heavy atom. The Balaban J connectivity index is 1.75. The third-order valence-electron chi connectivity index (χ3n) is 4.53. The predicted octanol–water partition coefficient (Wildman–Crippen LogP) is 3.06. The lowest BCUT2D eigenvalue weighted by Crippen LogP contribution is -2.35. The molecule has 2 N–H and O–H groups in total. The van der Waals surface area contributed by atoms with Crippen molar-refractivity contribution < 1.29 is 4.79 Å². The van der Waals surface area contributed by atoms with Crippen molar-refractivity contribution in [3.63, 3.8) is 0 Å². The molecule has 24 heavy (non-hydrogen) atoms. The van der Waals surface area contributed by atoms with Gasteiger partial charge in [0.05, 0.1) is 5.69 Å². The fourth-order valence-corrected chi connectivity index (χ4v) is 3.03. The van der Waals surface area contributed by atoms with Gasteiger partial charge in [-0.2, -0.15) is 5.10 Å². The zero-order chi connectivity index (χ0) is 17.3. The minimum atomic E-state index is -0.0148. The van der Waals surface area contributed by atoms with Crippen LogP contribution in [0.5, 0.6) is 0 Å². The molecule has 128 valence electrons. The molecule has 1 fully saturated rings. The second-order valence-corrected chi connectivity index (χ2v) is 6.98. The number of benzene rings is 1. The molecule has 5 nitrogen and oxygen atoms in total. The van der Waals surface area contributed by atoms with Crippen molar-refractivity contribution in [1.82, 2.24) is 14.7 Å². The second kappa shape index (κ2) is 6.85. The number of carbonyl (C=O) groups excluding carboxylic acids is 1. The van der Waals surface area contributed by atoms with Gasteiger partial charge in [0.2, 0.25) is 0 Å². The number of amides is 1. The SMILES string of the molecule is Cc1nn(C)c(N)c1C(=O)N(CCc1ccc(Cl)cc1)CC1CC1. The molecule has 0 spiro atoms. The number of nitrogens with two attached hydrogens (primary N) is 1. The molecular weight excluding hydrogens is 324 g/mol. The Morgan fingerprint density at radius 1 is 1.38 bits per heavy atom. The van der Waals surface area contributed by atoms with Crippen LogP contribution in [-0.2, 0) is 13.5 Å². The summed E-state index contributed by atoms with van der Waals surface area (Å²) in [6, 6.07) is 7.78. The Bertz CT molecular complexity index is 734. The summed E-state index contributed by atoms with van der Waals surface area (Å²) in [5.74, 6) is 1.04. The number of aryl methyl sites for hydroxylation is 2. The van der Waals surface area contributed by atoms with Gasteiger partial charge in [0.1, 0.15) is 11.4 Å². The lowest BCUT2D eigenvalue weighted by molar-refractivity contribution is 0.0750. The zero-order valence-electron chi connectivity index (χ0n) is 14.1. The molecule has 1 aliphatic carbocycles. The zero-order valence-corrected chi connectivity index (χ0v) is 14.9. The topological polar surface area (TPSA) is 64.2 Å². The van der Waals surface area contributed by atoms with E-state index in [2.05, 4.69) is 5.10 Å². The van der Waals surface area contributed by atoms with Crippen molar-refractivity contribution in [2.75, 3.05) is 18.8 Å². The van der Waals surface area contributed by atoms with E-state index < -0.39 is 0 Å². The molecule has 0 saturated heterocycles. The number of carbonyl (C=O) groups is 1. The molecule has 0 radical (unpaired) electrons. The second-order valence-electron chi connectivity index (χ2n) is 6.54. The van der Waals surface area contributed by atoms with Crippen molar-refractivity contribution in [1.29, 1.82) is 0 Å². The van der Waals surface area contributed by atoms with E-state index in [0.717, 1.165) is 18.0 Å². The summed E-state index contributed by atoms with van der Waals surface area (Å²) in [6.07, 6.45) is 3.20. The van der Waals surface area contributed by atoms with Gasteiger partial charge in [0.25, 0.3) is 5.91 Å². The summed E-state index contributed by atoms with van der Waals surface area (Å²) in [6.45, 7) is 3.29. The number of hydrogen-bond donors (Lipinski definition) is 1. The highest BCUT2D eigenvalue weighted by Gasteiger charge is 2.29. The summed E-state index contributed by atoms with van der Waals surface area (Å²) in [4.78, 5) is 14.9. The Labute approximate surface area is 147 Å². The van der Waals surface area contributed by atoms with Gasteiger partial charge in [-0.3, -0.25) is 9.48 Å². The Morgan fingerprint density at radius 3 is 2.58 bits per heavy atom. The number of aromatic nitrogens is 2. The lowest BCUT2D eigenvalue weighted by atomic mass is 10.1. The summed E-state index contributed by atoms with van der Waals surface area (Å²) in [5, 5.41) is 4.99. The van der Waals surface area contributed by atoms with Crippen molar-refractivity contribution >= 4 is 23.3 Å². The fraction of sp³-hybridized carbons (Fsp3) is 0.444. The summed E-state index contributed by atoms with van der Waals surface area (Å²) < 4.78 is 1.57. The molecule has 6 heteroatoms. The average molecular weight is 347 g/mol. The third-order valence-corrected chi connectivity index (χ3v) is 4.78. The van der Waals surface area contributed by atoms with Crippen molar-refractivity contribution in [2.24, 2.45) is 13.0 Å². The minimum absolute atomic E-state index is 0.0148. The first-order valence-corrected chi connectivity index (χ1v) is 8.66. The highest BCUT2D eigenvalue weighted by molar-refractivity contribution is 6.30.